The molecule has 1 fully saturated rings. The highest BCUT2D eigenvalue weighted by Gasteiger charge is 2.28. The van der Waals surface area contributed by atoms with Crippen LogP contribution in [0.3, 0.4) is 0 Å². The number of rotatable bonds is 5. The number of carboxylic acid groups (broad SMARTS) is 1. The lowest BCUT2D eigenvalue weighted by Crippen LogP contribution is -2.47. The third kappa shape index (κ3) is 3.76. The van der Waals surface area contributed by atoms with E-state index in [2.05, 4.69) is 16.7 Å². The minimum absolute atomic E-state index is 0.595. The Morgan fingerprint density at radius 2 is 1.69 bits per heavy atom. The largest absolute Gasteiger partial charge is 0.481 e. The molecular weight excluding hydrogens is 204 g/mol. The molecule has 0 saturated carbocycles. The van der Waals surface area contributed by atoms with Gasteiger partial charge in [-0.15, -0.1) is 0 Å². The van der Waals surface area contributed by atoms with E-state index in [1.54, 1.807) is 13.8 Å². The fourth-order valence-corrected chi connectivity index (χ4v) is 1.87. The molecule has 1 saturated heterocycles. The molecule has 0 aromatic rings. The number of carboxylic acids is 1. The van der Waals surface area contributed by atoms with Gasteiger partial charge in [0.05, 0.1) is 5.41 Å². The Morgan fingerprint density at radius 3 is 2.12 bits per heavy atom. The third-order valence-electron chi connectivity index (χ3n) is 3.54. The van der Waals surface area contributed by atoms with E-state index < -0.39 is 11.4 Å². The van der Waals surface area contributed by atoms with Crippen LogP contribution in [-0.4, -0.2) is 60.1 Å². The average molecular weight is 228 g/mol. The topological polar surface area (TPSA) is 43.8 Å². The molecule has 16 heavy (non-hydrogen) atoms. The van der Waals surface area contributed by atoms with Gasteiger partial charge in [-0.2, -0.15) is 0 Å². The number of likely N-dealkylation sites (N-methyl/N-ethyl adjacent to an activating group) is 1. The molecule has 1 N–H and O–H groups in total. The van der Waals surface area contributed by atoms with Gasteiger partial charge >= 0.3 is 5.97 Å². The Bertz CT molecular complexity index is 233. The van der Waals surface area contributed by atoms with Crippen molar-refractivity contribution < 1.29 is 9.90 Å². The molecule has 0 aromatic carbocycles. The number of hydrogen-bond acceptors (Lipinski definition) is 3. The maximum atomic E-state index is 11.0. The SMILES string of the molecule is CCN1CCN(CCC(C)(C)C(=O)O)CC1. The van der Waals surface area contributed by atoms with Crippen LogP contribution in [0.4, 0.5) is 0 Å². The Morgan fingerprint density at radius 1 is 1.19 bits per heavy atom. The lowest BCUT2D eigenvalue weighted by atomic mass is 9.89. The molecule has 0 spiro atoms. The number of carbonyl (C=O) groups is 1. The predicted octanol–water partition coefficient (Wildman–Crippen LogP) is 1.12. The molecule has 0 unspecified atom stereocenters. The normalized spacial score (nSPS) is 19.9. The van der Waals surface area contributed by atoms with E-state index in [0.717, 1.165) is 45.7 Å². The summed E-state index contributed by atoms with van der Waals surface area (Å²) in [6.07, 6.45) is 0.731. The van der Waals surface area contributed by atoms with Crippen LogP contribution in [0.5, 0.6) is 0 Å². The second-order valence-corrected chi connectivity index (χ2v) is 5.21. The molecule has 1 rings (SSSR count). The van der Waals surface area contributed by atoms with Gasteiger partial charge in [-0.1, -0.05) is 6.92 Å². The van der Waals surface area contributed by atoms with E-state index in [0.29, 0.717) is 0 Å². The Labute approximate surface area is 98.2 Å². The van der Waals surface area contributed by atoms with Crippen LogP contribution in [0.1, 0.15) is 27.2 Å². The van der Waals surface area contributed by atoms with Crippen molar-refractivity contribution in [3.8, 4) is 0 Å². The van der Waals surface area contributed by atoms with Crippen LogP contribution in [0.2, 0.25) is 0 Å². The monoisotopic (exact) mass is 228 g/mol. The molecular formula is C12H24N2O2. The molecule has 1 aliphatic rings. The second kappa shape index (κ2) is 5.64. The molecule has 94 valence electrons. The first-order valence-corrected chi connectivity index (χ1v) is 6.14. The van der Waals surface area contributed by atoms with Crippen molar-refractivity contribution in [2.75, 3.05) is 39.3 Å². The summed E-state index contributed by atoms with van der Waals surface area (Å²) in [4.78, 5) is 15.8. The number of piperazine rings is 1. The lowest BCUT2D eigenvalue weighted by molar-refractivity contribution is -0.147. The molecule has 0 radical (unpaired) electrons. The molecule has 0 aliphatic carbocycles. The van der Waals surface area contributed by atoms with Crippen molar-refractivity contribution >= 4 is 5.97 Å². The maximum absolute atomic E-state index is 11.0. The first-order chi connectivity index (χ1) is 7.45. The van der Waals surface area contributed by atoms with Crippen molar-refractivity contribution in [2.45, 2.75) is 27.2 Å². The average Bonchev–Trinajstić information content (AvgIpc) is 2.27. The minimum atomic E-state index is -0.695. The van der Waals surface area contributed by atoms with E-state index in [1.165, 1.54) is 0 Å². The van der Waals surface area contributed by atoms with Crippen molar-refractivity contribution in [2.24, 2.45) is 5.41 Å². The fraction of sp³-hybridized carbons (Fsp3) is 0.917. The van der Waals surface area contributed by atoms with Crippen molar-refractivity contribution in [3.63, 3.8) is 0 Å². The molecule has 4 heteroatoms. The van der Waals surface area contributed by atoms with E-state index in [4.69, 9.17) is 5.11 Å². The number of nitrogens with zero attached hydrogens (tertiary/aromatic N) is 2. The number of hydrogen-bond donors (Lipinski definition) is 1. The predicted molar refractivity (Wildman–Crippen MR) is 64.6 cm³/mol. The Hall–Kier alpha value is -0.610. The lowest BCUT2D eigenvalue weighted by Gasteiger charge is -2.35. The van der Waals surface area contributed by atoms with Crippen molar-refractivity contribution in [1.82, 2.24) is 9.80 Å². The Balaban J connectivity index is 2.27. The molecule has 4 nitrogen and oxygen atoms in total. The zero-order valence-corrected chi connectivity index (χ0v) is 10.7. The zero-order chi connectivity index (χ0) is 12.2. The summed E-state index contributed by atoms with van der Waals surface area (Å²) in [5, 5.41) is 9.02. The molecule has 0 amide bonds. The smallest absolute Gasteiger partial charge is 0.309 e. The maximum Gasteiger partial charge on any atom is 0.309 e. The highest BCUT2D eigenvalue weighted by molar-refractivity contribution is 5.73. The second-order valence-electron chi connectivity index (χ2n) is 5.21. The van der Waals surface area contributed by atoms with Gasteiger partial charge in [0.25, 0.3) is 0 Å². The quantitative estimate of drug-likeness (QED) is 0.766. The van der Waals surface area contributed by atoms with Gasteiger partial charge in [-0.25, -0.2) is 0 Å². The van der Waals surface area contributed by atoms with Gasteiger partial charge in [0.1, 0.15) is 0 Å². The summed E-state index contributed by atoms with van der Waals surface area (Å²) in [7, 11) is 0. The fourth-order valence-electron chi connectivity index (χ4n) is 1.87. The summed E-state index contributed by atoms with van der Waals surface area (Å²) in [5.74, 6) is -0.695. The van der Waals surface area contributed by atoms with Crippen LogP contribution in [0.15, 0.2) is 0 Å². The van der Waals surface area contributed by atoms with Gasteiger partial charge < -0.3 is 14.9 Å². The third-order valence-corrected chi connectivity index (χ3v) is 3.54. The Kier molecular flexibility index (Phi) is 4.74. The molecule has 1 heterocycles. The zero-order valence-electron chi connectivity index (χ0n) is 10.7. The van der Waals surface area contributed by atoms with Gasteiger partial charge in [0, 0.05) is 26.2 Å². The highest BCUT2D eigenvalue weighted by atomic mass is 16.4. The van der Waals surface area contributed by atoms with E-state index in [1.807, 2.05) is 0 Å². The molecule has 0 bridgehead atoms. The highest BCUT2D eigenvalue weighted by Crippen LogP contribution is 2.21. The summed E-state index contributed by atoms with van der Waals surface area (Å²) in [6, 6.07) is 0. The molecule has 0 aromatic heterocycles. The van der Waals surface area contributed by atoms with E-state index >= 15 is 0 Å². The van der Waals surface area contributed by atoms with Crippen LogP contribution in [0.25, 0.3) is 0 Å². The molecule has 1 aliphatic heterocycles. The minimum Gasteiger partial charge on any atom is -0.481 e. The van der Waals surface area contributed by atoms with E-state index in [-0.39, 0.29) is 0 Å². The standard InChI is InChI=1S/C12H24N2O2/c1-4-13-7-9-14(10-8-13)6-5-12(2,3)11(15)16/h4-10H2,1-3H3,(H,15,16). The van der Waals surface area contributed by atoms with Crippen LogP contribution in [-0.2, 0) is 4.79 Å². The summed E-state index contributed by atoms with van der Waals surface area (Å²) in [5.41, 5.74) is -0.595. The van der Waals surface area contributed by atoms with Gasteiger partial charge in [0.15, 0.2) is 0 Å². The van der Waals surface area contributed by atoms with Gasteiger partial charge in [-0.05, 0) is 33.4 Å². The van der Waals surface area contributed by atoms with Crippen LogP contribution in [0, 0.1) is 5.41 Å². The first kappa shape index (κ1) is 13.5. The van der Waals surface area contributed by atoms with E-state index in [9.17, 15) is 4.79 Å². The summed E-state index contributed by atoms with van der Waals surface area (Å²) >= 11 is 0. The first-order valence-electron chi connectivity index (χ1n) is 6.14. The van der Waals surface area contributed by atoms with Crippen molar-refractivity contribution in [3.05, 3.63) is 0 Å². The van der Waals surface area contributed by atoms with Gasteiger partial charge in [-0.3, -0.25) is 4.79 Å². The summed E-state index contributed by atoms with van der Waals surface area (Å²) in [6.45, 7) is 12.2. The van der Waals surface area contributed by atoms with Gasteiger partial charge in [0.2, 0.25) is 0 Å². The summed E-state index contributed by atoms with van der Waals surface area (Å²) < 4.78 is 0. The van der Waals surface area contributed by atoms with Crippen LogP contribution < -0.4 is 0 Å². The molecule has 0 atom stereocenters. The van der Waals surface area contributed by atoms with Crippen LogP contribution >= 0.6 is 0 Å². The number of aliphatic carboxylic acids is 1. The van der Waals surface area contributed by atoms with Crippen molar-refractivity contribution in [1.29, 1.82) is 0 Å².